The lowest BCUT2D eigenvalue weighted by molar-refractivity contribution is 0.423. The molecule has 0 bridgehead atoms. The summed E-state index contributed by atoms with van der Waals surface area (Å²) in [7, 11) is 0.164. The molecule has 0 radical (unpaired) electrons. The van der Waals surface area contributed by atoms with Gasteiger partial charge in [-0.2, -0.15) is 4.31 Å². The van der Waals surface area contributed by atoms with Gasteiger partial charge in [0.1, 0.15) is 5.82 Å². The molecule has 0 saturated heterocycles. The van der Waals surface area contributed by atoms with Crippen LogP contribution >= 0.6 is 0 Å². The number of anilines is 1. The highest BCUT2D eigenvalue weighted by Crippen LogP contribution is 2.21. The van der Waals surface area contributed by atoms with Crippen LogP contribution < -0.4 is 4.90 Å². The van der Waals surface area contributed by atoms with Gasteiger partial charge in [0.05, 0.1) is 4.90 Å². The molecule has 0 spiro atoms. The predicted molar refractivity (Wildman–Crippen MR) is 95.2 cm³/mol. The second-order valence-corrected chi connectivity index (χ2v) is 7.84. The molecule has 0 heterocycles. The van der Waals surface area contributed by atoms with Gasteiger partial charge in [0.15, 0.2) is 0 Å². The van der Waals surface area contributed by atoms with Crippen LogP contribution in [-0.4, -0.2) is 33.4 Å². The summed E-state index contributed by atoms with van der Waals surface area (Å²) in [6.45, 7) is 3.95. The Kier molecular flexibility index (Phi) is 5.62. The molecule has 0 atom stereocenters. The van der Waals surface area contributed by atoms with Gasteiger partial charge in [-0.1, -0.05) is 25.1 Å². The van der Waals surface area contributed by atoms with Crippen molar-refractivity contribution < 1.29 is 12.8 Å². The zero-order chi connectivity index (χ0) is 17.9. The molecule has 0 aliphatic rings. The Hall–Kier alpha value is -1.92. The molecule has 0 aliphatic heterocycles. The molecule has 0 saturated carbocycles. The van der Waals surface area contributed by atoms with E-state index in [2.05, 4.69) is 0 Å². The van der Waals surface area contributed by atoms with Gasteiger partial charge in [0, 0.05) is 32.9 Å². The lowest BCUT2D eigenvalue weighted by Crippen LogP contribution is -2.30. The Bertz CT molecular complexity index is 802. The molecule has 0 amide bonds. The Morgan fingerprint density at radius 2 is 1.67 bits per heavy atom. The molecule has 4 nitrogen and oxygen atoms in total. The summed E-state index contributed by atoms with van der Waals surface area (Å²) < 4.78 is 40.6. The van der Waals surface area contributed by atoms with Crippen molar-refractivity contribution in [3.05, 3.63) is 59.4 Å². The maximum absolute atomic E-state index is 13.7. The van der Waals surface area contributed by atoms with E-state index in [1.165, 1.54) is 16.4 Å². The number of benzene rings is 2. The average Bonchev–Trinajstić information content (AvgIpc) is 2.55. The summed E-state index contributed by atoms with van der Waals surface area (Å²) in [5, 5.41) is 0. The molecule has 2 rings (SSSR count). The highest BCUT2D eigenvalue weighted by atomic mass is 32.2. The van der Waals surface area contributed by atoms with Gasteiger partial charge in [-0.3, -0.25) is 0 Å². The van der Waals surface area contributed by atoms with Gasteiger partial charge in [-0.15, -0.1) is 0 Å². The summed E-state index contributed by atoms with van der Waals surface area (Å²) in [5.74, 6) is -0.512. The van der Waals surface area contributed by atoms with Crippen molar-refractivity contribution in [2.75, 3.05) is 25.5 Å². The Labute approximate surface area is 143 Å². The van der Waals surface area contributed by atoms with E-state index < -0.39 is 15.8 Å². The van der Waals surface area contributed by atoms with Gasteiger partial charge in [-0.25, -0.2) is 12.8 Å². The molecule has 0 unspecified atom stereocenters. The molecular formula is C18H23FN2O2S. The van der Waals surface area contributed by atoms with Gasteiger partial charge >= 0.3 is 0 Å². The standard InChI is InChI=1S/C18H23FN2O2S/c1-5-21(13-15-7-9-16(10-8-15)20(3)4)24(22,23)17-11-6-14(2)18(19)12-17/h6-12H,5,13H2,1-4H3. The van der Waals surface area contributed by atoms with E-state index in [0.717, 1.165) is 17.3 Å². The normalized spacial score (nSPS) is 11.8. The van der Waals surface area contributed by atoms with Crippen LogP contribution in [0.1, 0.15) is 18.1 Å². The van der Waals surface area contributed by atoms with Crippen LogP contribution in [0.25, 0.3) is 0 Å². The predicted octanol–water partition coefficient (Wildman–Crippen LogP) is 3.41. The molecule has 2 aromatic rings. The fourth-order valence-electron chi connectivity index (χ4n) is 2.35. The molecule has 0 aromatic heterocycles. The molecular weight excluding hydrogens is 327 g/mol. The first-order chi connectivity index (χ1) is 11.3. The second-order valence-electron chi connectivity index (χ2n) is 5.90. The van der Waals surface area contributed by atoms with Crippen molar-refractivity contribution in [1.82, 2.24) is 4.31 Å². The lowest BCUT2D eigenvalue weighted by atomic mass is 10.2. The summed E-state index contributed by atoms with van der Waals surface area (Å²) in [6.07, 6.45) is 0. The van der Waals surface area contributed by atoms with Gasteiger partial charge < -0.3 is 4.90 Å². The van der Waals surface area contributed by atoms with Crippen LogP contribution in [0.2, 0.25) is 0 Å². The number of rotatable bonds is 6. The van der Waals surface area contributed by atoms with Crippen LogP contribution in [0.3, 0.4) is 0 Å². The quantitative estimate of drug-likeness (QED) is 0.802. The maximum Gasteiger partial charge on any atom is 0.243 e. The van der Waals surface area contributed by atoms with Gasteiger partial charge in [0.25, 0.3) is 0 Å². The van der Waals surface area contributed by atoms with Crippen LogP contribution in [0.15, 0.2) is 47.4 Å². The molecule has 2 aromatic carbocycles. The van der Waals surface area contributed by atoms with Gasteiger partial charge in [-0.05, 0) is 42.3 Å². The zero-order valence-corrected chi connectivity index (χ0v) is 15.3. The molecule has 130 valence electrons. The maximum atomic E-state index is 13.7. The zero-order valence-electron chi connectivity index (χ0n) is 14.5. The number of aryl methyl sites for hydroxylation is 1. The molecule has 0 fully saturated rings. The third-order valence-corrected chi connectivity index (χ3v) is 5.86. The molecule has 24 heavy (non-hydrogen) atoms. The smallest absolute Gasteiger partial charge is 0.243 e. The van der Waals surface area contributed by atoms with E-state index in [-0.39, 0.29) is 11.4 Å². The lowest BCUT2D eigenvalue weighted by Gasteiger charge is -2.21. The molecule has 6 heteroatoms. The SMILES string of the molecule is CCN(Cc1ccc(N(C)C)cc1)S(=O)(=O)c1ccc(C)c(F)c1. The third-order valence-electron chi connectivity index (χ3n) is 3.95. The largest absolute Gasteiger partial charge is 0.378 e. The summed E-state index contributed by atoms with van der Waals surface area (Å²) >= 11 is 0. The van der Waals surface area contributed by atoms with Crippen molar-refractivity contribution in [3.8, 4) is 0 Å². The first kappa shape index (κ1) is 18.4. The second kappa shape index (κ2) is 7.32. The van der Waals surface area contributed by atoms with Crippen molar-refractivity contribution in [1.29, 1.82) is 0 Å². The third kappa shape index (κ3) is 3.94. The number of hydrogen-bond donors (Lipinski definition) is 0. The van der Waals surface area contributed by atoms with E-state index in [9.17, 15) is 12.8 Å². The molecule has 0 N–H and O–H groups in total. The summed E-state index contributed by atoms with van der Waals surface area (Å²) in [6, 6.07) is 11.7. The van der Waals surface area contributed by atoms with E-state index >= 15 is 0 Å². The van der Waals surface area contributed by atoms with Crippen LogP contribution in [0.4, 0.5) is 10.1 Å². The van der Waals surface area contributed by atoms with Crippen LogP contribution in [0, 0.1) is 12.7 Å². The first-order valence-corrected chi connectivity index (χ1v) is 9.22. The van der Waals surface area contributed by atoms with Gasteiger partial charge in [0.2, 0.25) is 10.0 Å². The minimum atomic E-state index is -3.73. The monoisotopic (exact) mass is 350 g/mol. The highest BCUT2D eigenvalue weighted by Gasteiger charge is 2.24. The highest BCUT2D eigenvalue weighted by molar-refractivity contribution is 7.89. The Morgan fingerprint density at radius 3 is 2.17 bits per heavy atom. The number of nitrogens with zero attached hydrogens (tertiary/aromatic N) is 2. The average molecular weight is 350 g/mol. The number of sulfonamides is 1. The Morgan fingerprint density at radius 1 is 1.04 bits per heavy atom. The first-order valence-electron chi connectivity index (χ1n) is 7.78. The van der Waals surface area contributed by atoms with E-state index in [4.69, 9.17) is 0 Å². The fraction of sp³-hybridized carbons (Fsp3) is 0.333. The Balaban J connectivity index is 2.27. The topological polar surface area (TPSA) is 40.6 Å². The van der Waals surface area contributed by atoms with E-state index in [0.29, 0.717) is 12.1 Å². The minimum Gasteiger partial charge on any atom is -0.378 e. The minimum absolute atomic E-state index is 0.0163. The van der Waals surface area contributed by atoms with Crippen molar-refractivity contribution in [2.45, 2.75) is 25.3 Å². The number of halogens is 1. The summed E-state index contributed by atoms with van der Waals surface area (Å²) in [5.41, 5.74) is 2.36. The number of hydrogen-bond acceptors (Lipinski definition) is 3. The van der Waals surface area contributed by atoms with Crippen LogP contribution in [0.5, 0.6) is 0 Å². The van der Waals surface area contributed by atoms with Crippen LogP contribution in [-0.2, 0) is 16.6 Å². The summed E-state index contributed by atoms with van der Waals surface area (Å²) in [4.78, 5) is 1.96. The fourth-order valence-corrected chi connectivity index (χ4v) is 3.80. The van der Waals surface area contributed by atoms with Crippen molar-refractivity contribution >= 4 is 15.7 Å². The van der Waals surface area contributed by atoms with Crippen molar-refractivity contribution in [2.24, 2.45) is 0 Å². The van der Waals surface area contributed by atoms with Crippen molar-refractivity contribution in [3.63, 3.8) is 0 Å². The molecule has 0 aliphatic carbocycles. The van der Waals surface area contributed by atoms with E-state index in [1.807, 2.05) is 43.3 Å². The van der Waals surface area contributed by atoms with E-state index in [1.54, 1.807) is 13.8 Å².